The Hall–Kier alpha value is -3.03. The first kappa shape index (κ1) is 20.7. The van der Waals surface area contributed by atoms with Gasteiger partial charge in [0.05, 0.1) is 17.6 Å². The van der Waals surface area contributed by atoms with E-state index in [2.05, 4.69) is 5.10 Å². The van der Waals surface area contributed by atoms with Crippen molar-refractivity contribution < 1.29 is 9.53 Å². The van der Waals surface area contributed by atoms with E-state index in [1.807, 2.05) is 57.7 Å². The van der Waals surface area contributed by atoms with Crippen molar-refractivity contribution in [2.45, 2.75) is 40.2 Å². The van der Waals surface area contributed by atoms with Crippen LogP contribution < -0.4 is 16.2 Å². The molecule has 1 saturated heterocycles. The molecule has 29 heavy (non-hydrogen) atoms. The van der Waals surface area contributed by atoms with Gasteiger partial charge in [-0.15, -0.1) is 0 Å². The summed E-state index contributed by atoms with van der Waals surface area (Å²) in [4.78, 5) is 28.8. The predicted molar refractivity (Wildman–Crippen MR) is 114 cm³/mol. The molecule has 0 bridgehead atoms. The molecule has 1 amide bonds. The molecular weight excluding hydrogens is 370 g/mol. The van der Waals surface area contributed by atoms with Crippen LogP contribution in [-0.4, -0.2) is 52.6 Å². The summed E-state index contributed by atoms with van der Waals surface area (Å²) in [6.07, 6.45) is 1.30. The number of hydrogen-bond acceptors (Lipinski definition) is 6. The van der Waals surface area contributed by atoms with Gasteiger partial charge in [-0.2, -0.15) is 9.78 Å². The standard InChI is InChI=1S/C21H29N5O3/c1-14-6-7-15(2)16(12-14)26-19(27)18(22)17(13-23-26)24-8-10-25(11-9-24)20(28)29-21(3,4)5/h6-7,12-13H,8-11,22H2,1-5H3. The fourth-order valence-corrected chi connectivity index (χ4v) is 3.29. The quantitative estimate of drug-likeness (QED) is 0.834. The molecule has 2 heterocycles. The van der Waals surface area contributed by atoms with E-state index in [9.17, 15) is 9.59 Å². The van der Waals surface area contributed by atoms with Crippen LogP contribution in [0, 0.1) is 13.8 Å². The number of anilines is 2. The van der Waals surface area contributed by atoms with Gasteiger partial charge in [0.1, 0.15) is 11.3 Å². The second kappa shape index (κ2) is 7.77. The number of carbonyl (C=O) groups excluding carboxylic acids is 1. The second-order valence-corrected chi connectivity index (χ2v) is 8.40. The first-order chi connectivity index (χ1) is 13.6. The number of amides is 1. The van der Waals surface area contributed by atoms with E-state index in [0.717, 1.165) is 16.8 Å². The van der Waals surface area contributed by atoms with Crippen LogP contribution in [0.2, 0.25) is 0 Å². The highest BCUT2D eigenvalue weighted by Gasteiger charge is 2.27. The lowest BCUT2D eigenvalue weighted by atomic mass is 10.1. The molecule has 8 heteroatoms. The summed E-state index contributed by atoms with van der Waals surface area (Å²) in [6, 6.07) is 5.87. The zero-order chi connectivity index (χ0) is 21.3. The molecule has 156 valence electrons. The van der Waals surface area contributed by atoms with Crippen LogP contribution in [0.15, 0.2) is 29.2 Å². The van der Waals surface area contributed by atoms with Gasteiger partial charge in [-0.25, -0.2) is 4.79 Å². The van der Waals surface area contributed by atoms with E-state index in [-0.39, 0.29) is 17.3 Å². The van der Waals surface area contributed by atoms with Crippen molar-refractivity contribution in [3.8, 4) is 5.69 Å². The Morgan fingerprint density at radius 3 is 2.38 bits per heavy atom. The molecule has 1 aromatic carbocycles. The van der Waals surface area contributed by atoms with Crippen molar-refractivity contribution in [3.63, 3.8) is 0 Å². The summed E-state index contributed by atoms with van der Waals surface area (Å²) in [7, 11) is 0. The van der Waals surface area contributed by atoms with Gasteiger partial charge in [0.25, 0.3) is 5.56 Å². The van der Waals surface area contributed by atoms with Gasteiger partial charge in [0.2, 0.25) is 0 Å². The van der Waals surface area contributed by atoms with Crippen molar-refractivity contribution in [2.24, 2.45) is 0 Å². The first-order valence-corrected chi connectivity index (χ1v) is 9.75. The van der Waals surface area contributed by atoms with Crippen LogP contribution in [0.25, 0.3) is 5.69 Å². The Morgan fingerprint density at radius 1 is 1.10 bits per heavy atom. The molecule has 1 fully saturated rings. The van der Waals surface area contributed by atoms with Crippen LogP contribution in [0.5, 0.6) is 0 Å². The van der Waals surface area contributed by atoms with E-state index < -0.39 is 5.60 Å². The lowest BCUT2D eigenvalue weighted by molar-refractivity contribution is 0.0240. The molecule has 0 radical (unpaired) electrons. The number of nitrogen functional groups attached to an aromatic ring is 1. The number of carbonyl (C=O) groups is 1. The minimum atomic E-state index is -0.527. The number of rotatable bonds is 2. The smallest absolute Gasteiger partial charge is 0.410 e. The number of nitrogens with two attached hydrogens (primary N) is 1. The summed E-state index contributed by atoms with van der Waals surface area (Å²) in [5.74, 6) is 0. The minimum Gasteiger partial charge on any atom is -0.444 e. The van der Waals surface area contributed by atoms with E-state index in [0.29, 0.717) is 31.9 Å². The number of nitrogens with zero attached hydrogens (tertiary/aromatic N) is 4. The highest BCUT2D eigenvalue weighted by atomic mass is 16.6. The third-order valence-corrected chi connectivity index (χ3v) is 4.86. The van der Waals surface area contributed by atoms with Crippen LogP contribution in [0.3, 0.4) is 0 Å². The fraction of sp³-hybridized carbons (Fsp3) is 0.476. The molecule has 0 spiro atoms. The normalized spacial score (nSPS) is 14.8. The number of aromatic nitrogens is 2. The minimum absolute atomic E-state index is 0.159. The summed E-state index contributed by atoms with van der Waals surface area (Å²) in [5, 5.41) is 4.37. The zero-order valence-corrected chi connectivity index (χ0v) is 17.7. The topological polar surface area (TPSA) is 93.7 Å². The molecule has 1 aromatic heterocycles. The Balaban J connectivity index is 1.78. The van der Waals surface area contributed by atoms with Gasteiger partial charge in [-0.3, -0.25) is 4.79 Å². The van der Waals surface area contributed by atoms with E-state index in [1.165, 1.54) is 4.68 Å². The molecule has 0 aliphatic carbocycles. The Kier molecular flexibility index (Phi) is 5.55. The average molecular weight is 399 g/mol. The molecule has 2 aromatic rings. The van der Waals surface area contributed by atoms with Crippen molar-refractivity contribution in [1.82, 2.24) is 14.7 Å². The maximum absolute atomic E-state index is 12.9. The molecule has 0 unspecified atom stereocenters. The zero-order valence-electron chi connectivity index (χ0n) is 17.7. The third-order valence-electron chi connectivity index (χ3n) is 4.86. The van der Waals surface area contributed by atoms with Gasteiger partial charge in [0, 0.05) is 26.2 Å². The molecule has 1 aliphatic heterocycles. The van der Waals surface area contributed by atoms with Crippen molar-refractivity contribution in [1.29, 1.82) is 0 Å². The SMILES string of the molecule is Cc1ccc(C)c(-n2ncc(N3CCN(C(=O)OC(C)(C)C)CC3)c(N)c2=O)c1. The van der Waals surface area contributed by atoms with Gasteiger partial charge in [-0.1, -0.05) is 12.1 Å². The van der Waals surface area contributed by atoms with Crippen LogP contribution in [0.4, 0.5) is 16.2 Å². The maximum atomic E-state index is 12.9. The third kappa shape index (κ3) is 4.52. The van der Waals surface area contributed by atoms with Crippen LogP contribution >= 0.6 is 0 Å². The number of hydrogen-bond donors (Lipinski definition) is 1. The van der Waals surface area contributed by atoms with Gasteiger partial charge in [-0.05, 0) is 51.8 Å². The Bertz CT molecular complexity index is 969. The maximum Gasteiger partial charge on any atom is 0.410 e. The van der Waals surface area contributed by atoms with Crippen molar-refractivity contribution in [2.75, 3.05) is 36.8 Å². The second-order valence-electron chi connectivity index (χ2n) is 8.40. The summed E-state index contributed by atoms with van der Waals surface area (Å²) >= 11 is 0. The molecular formula is C21H29N5O3. The number of benzene rings is 1. The lowest BCUT2D eigenvalue weighted by Crippen LogP contribution is -2.50. The summed E-state index contributed by atoms with van der Waals surface area (Å²) in [6.45, 7) is 11.5. The molecule has 3 rings (SSSR count). The van der Waals surface area contributed by atoms with Crippen LogP contribution in [-0.2, 0) is 4.74 Å². The number of aryl methyl sites for hydroxylation is 2. The molecule has 1 aliphatic rings. The molecule has 0 saturated carbocycles. The highest BCUT2D eigenvalue weighted by molar-refractivity contribution is 5.70. The van der Waals surface area contributed by atoms with E-state index in [4.69, 9.17) is 10.5 Å². The summed E-state index contributed by atoms with van der Waals surface area (Å²) < 4.78 is 6.77. The Labute approximate surface area is 170 Å². The number of piperazine rings is 1. The van der Waals surface area contributed by atoms with Gasteiger partial charge < -0.3 is 20.3 Å². The molecule has 0 atom stereocenters. The molecule has 2 N–H and O–H groups in total. The Morgan fingerprint density at radius 2 is 1.76 bits per heavy atom. The number of ether oxygens (including phenoxy) is 1. The monoisotopic (exact) mass is 399 g/mol. The molecule has 8 nitrogen and oxygen atoms in total. The van der Waals surface area contributed by atoms with E-state index >= 15 is 0 Å². The van der Waals surface area contributed by atoms with Crippen molar-refractivity contribution >= 4 is 17.5 Å². The first-order valence-electron chi connectivity index (χ1n) is 9.75. The van der Waals surface area contributed by atoms with Crippen LogP contribution in [0.1, 0.15) is 31.9 Å². The van der Waals surface area contributed by atoms with E-state index in [1.54, 1.807) is 11.1 Å². The van der Waals surface area contributed by atoms with Gasteiger partial charge >= 0.3 is 6.09 Å². The predicted octanol–water partition coefficient (Wildman–Crippen LogP) is 2.49. The average Bonchev–Trinajstić information content (AvgIpc) is 2.65. The fourth-order valence-electron chi connectivity index (χ4n) is 3.29. The van der Waals surface area contributed by atoms with Gasteiger partial charge in [0.15, 0.2) is 0 Å². The highest BCUT2D eigenvalue weighted by Crippen LogP contribution is 2.22. The largest absolute Gasteiger partial charge is 0.444 e. The van der Waals surface area contributed by atoms with Crippen molar-refractivity contribution in [3.05, 3.63) is 45.9 Å². The summed E-state index contributed by atoms with van der Waals surface area (Å²) in [5.41, 5.74) is 8.80. The lowest BCUT2D eigenvalue weighted by Gasteiger charge is -2.36.